The topological polar surface area (TPSA) is 3.24 Å². The standard InChI is InChI=1S/C40H31GeN/c1-5-17-34(18-6-1)41(35-19-7-2-8-20-35,36-21-9-3-10-22-36)37-26-29-39(30-27-37)42(38-23-11-4-12-24-38)40-28-25-32-15-13-14-16-33(32)31-40/h1-31H. The minimum absolute atomic E-state index is 1.14. The van der Waals surface area contributed by atoms with Crippen LogP contribution in [0.5, 0.6) is 0 Å². The average molecular weight is 598 g/mol. The summed E-state index contributed by atoms with van der Waals surface area (Å²) in [5, 5.41) is 2.48. The van der Waals surface area contributed by atoms with Crippen LogP contribution in [0.1, 0.15) is 0 Å². The van der Waals surface area contributed by atoms with Crippen LogP contribution in [0, 0.1) is 0 Å². The van der Waals surface area contributed by atoms with E-state index in [4.69, 9.17) is 0 Å². The van der Waals surface area contributed by atoms with Gasteiger partial charge in [-0.15, -0.1) is 0 Å². The predicted molar refractivity (Wildman–Crippen MR) is 182 cm³/mol. The number of hydrogen-bond donors (Lipinski definition) is 0. The molecular weight excluding hydrogens is 567 g/mol. The van der Waals surface area contributed by atoms with E-state index in [2.05, 4.69) is 193 Å². The second-order valence-electron chi connectivity index (χ2n) is 10.6. The molecule has 7 aromatic carbocycles. The second-order valence-corrected chi connectivity index (χ2v) is 18.6. The zero-order chi connectivity index (χ0) is 28.2. The Labute approximate surface area is 250 Å². The first-order valence-corrected chi connectivity index (χ1v) is 18.6. The molecule has 0 radical (unpaired) electrons. The number of hydrogen-bond acceptors (Lipinski definition) is 1. The molecule has 0 aromatic heterocycles. The van der Waals surface area contributed by atoms with E-state index in [-0.39, 0.29) is 0 Å². The third kappa shape index (κ3) is 4.72. The number of rotatable bonds is 7. The number of benzene rings is 7. The van der Waals surface area contributed by atoms with E-state index in [1.54, 1.807) is 0 Å². The van der Waals surface area contributed by atoms with Gasteiger partial charge in [0, 0.05) is 0 Å². The zero-order valence-electron chi connectivity index (χ0n) is 23.3. The molecule has 0 aliphatic heterocycles. The number of anilines is 3. The van der Waals surface area contributed by atoms with Gasteiger partial charge in [0.25, 0.3) is 0 Å². The number of para-hydroxylation sites is 1. The third-order valence-electron chi connectivity index (χ3n) is 8.18. The van der Waals surface area contributed by atoms with Crippen molar-refractivity contribution >= 4 is 58.7 Å². The summed E-state index contributed by atoms with van der Waals surface area (Å²) in [7, 11) is 0. The van der Waals surface area contributed by atoms with Crippen LogP contribution in [0.2, 0.25) is 0 Å². The first-order chi connectivity index (χ1) is 20.8. The van der Waals surface area contributed by atoms with Crippen LogP contribution in [0.4, 0.5) is 17.1 Å². The van der Waals surface area contributed by atoms with Gasteiger partial charge in [0.2, 0.25) is 0 Å². The molecular formula is C40H31GeN. The Morgan fingerprint density at radius 2 is 0.667 bits per heavy atom. The van der Waals surface area contributed by atoms with Crippen molar-refractivity contribution in [2.24, 2.45) is 0 Å². The molecule has 0 unspecified atom stereocenters. The Morgan fingerprint density at radius 1 is 0.286 bits per heavy atom. The molecule has 7 aromatic rings. The van der Waals surface area contributed by atoms with Crippen molar-refractivity contribution in [2.75, 3.05) is 4.90 Å². The summed E-state index contributed by atoms with van der Waals surface area (Å²) in [5.41, 5.74) is 3.43. The van der Waals surface area contributed by atoms with E-state index in [0.29, 0.717) is 0 Å². The molecule has 0 saturated carbocycles. The first-order valence-electron chi connectivity index (χ1n) is 14.5. The first kappa shape index (κ1) is 26.1. The predicted octanol–water partition coefficient (Wildman–Crippen LogP) is 7.69. The Bertz CT molecular complexity index is 1810. The molecule has 200 valence electrons. The molecule has 0 bridgehead atoms. The fourth-order valence-corrected chi connectivity index (χ4v) is 16.2. The maximum absolute atomic E-state index is 3.31. The molecule has 0 saturated heterocycles. The monoisotopic (exact) mass is 599 g/mol. The van der Waals surface area contributed by atoms with E-state index in [0.717, 1.165) is 17.1 Å². The van der Waals surface area contributed by atoms with Crippen LogP contribution in [0.3, 0.4) is 0 Å². The fourth-order valence-electron chi connectivity index (χ4n) is 6.27. The zero-order valence-corrected chi connectivity index (χ0v) is 25.4. The van der Waals surface area contributed by atoms with Crippen LogP contribution >= 0.6 is 0 Å². The summed E-state index contributed by atoms with van der Waals surface area (Å²) in [4.78, 5) is 2.36. The molecule has 42 heavy (non-hydrogen) atoms. The summed E-state index contributed by atoms with van der Waals surface area (Å²) in [6.45, 7) is 0. The van der Waals surface area contributed by atoms with Gasteiger partial charge >= 0.3 is 252 Å². The van der Waals surface area contributed by atoms with E-state index in [1.165, 1.54) is 28.4 Å². The van der Waals surface area contributed by atoms with Gasteiger partial charge in [0.1, 0.15) is 0 Å². The molecule has 0 spiro atoms. The van der Waals surface area contributed by atoms with Gasteiger partial charge in [-0.3, -0.25) is 0 Å². The Balaban J connectivity index is 1.43. The molecule has 0 aliphatic carbocycles. The van der Waals surface area contributed by atoms with Crippen LogP contribution in [-0.4, -0.2) is 13.3 Å². The normalized spacial score (nSPS) is 11.3. The summed E-state index contributed by atoms with van der Waals surface area (Å²) in [5.74, 6) is 0. The van der Waals surface area contributed by atoms with Crippen LogP contribution in [0.25, 0.3) is 10.8 Å². The van der Waals surface area contributed by atoms with Crippen LogP contribution < -0.4 is 22.5 Å². The van der Waals surface area contributed by atoms with E-state index in [9.17, 15) is 0 Å². The fraction of sp³-hybridized carbons (Fsp3) is 0. The van der Waals surface area contributed by atoms with Gasteiger partial charge in [-0.1, -0.05) is 0 Å². The van der Waals surface area contributed by atoms with Crippen LogP contribution in [-0.2, 0) is 0 Å². The quantitative estimate of drug-likeness (QED) is 0.170. The van der Waals surface area contributed by atoms with Gasteiger partial charge in [-0.05, 0) is 0 Å². The second kappa shape index (κ2) is 11.6. The maximum atomic E-state index is 2.39. The number of nitrogens with zero attached hydrogens (tertiary/aromatic N) is 1. The Kier molecular flexibility index (Phi) is 7.17. The van der Waals surface area contributed by atoms with Crippen molar-refractivity contribution in [3.63, 3.8) is 0 Å². The minimum atomic E-state index is -3.31. The Morgan fingerprint density at radius 3 is 1.19 bits per heavy atom. The SMILES string of the molecule is c1ccc(N(c2cc[c]([Ge]([c]3ccccc3)([c]3ccccc3)[c]3ccccc3)cc2)c2ccc3ccccc3c2)cc1. The summed E-state index contributed by atoms with van der Waals surface area (Å²) < 4.78 is 5.69. The van der Waals surface area contributed by atoms with Crippen molar-refractivity contribution in [3.8, 4) is 0 Å². The van der Waals surface area contributed by atoms with Crippen molar-refractivity contribution in [3.05, 3.63) is 188 Å². The summed E-state index contributed by atoms with van der Waals surface area (Å²) in [6, 6.07) is 68.8. The van der Waals surface area contributed by atoms with Gasteiger partial charge < -0.3 is 0 Å². The molecule has 0 atom stereocenters. The molecule has 0 fully saturated rings. The van der Waals surface area contributed by atoms with Crippen molar-refractivity contribution in [2.45, 2.75) is 0 Å². The third-order valence-corrected chi connectivity index (χ3v) is 18.2. The molecule has 0 heterocycles. The van der Waals surface area contributed by atoms with Gasteiger partial charge in [-0.2, -0.15) is 0 Å². The summed E-state index contributed by atoms with van der Waals surface area (Å²) >= 11 is -3.31. The summed E-state index contributed by atoms with van der Waals surface area (Å²) in [6.07, 6.45) is 0. The molecule has 2 heteroatoms. The van der Waals surface area contributed by atoms with Crippen molar-refractivity contribution in [1.29, 1.82) is 0 Å². The molecule has 0 amide bonds. The van der Waals surface area contributed by atoms with Gasteiger partial charge in [-0.25, -0.2) is 0 Å². The molecule has 0 N–H and O–H groups in total. The van der Waals surface area contributed by atoms with Crippen molar-refractivity contribution in [1.82, 2.24) is 0 Å². The van der Waals surface area contributed by atoms with Crippen LogP contribution in [0.15, 0.2) is 188 Å². The molecule has 0 aliphatic rings. The Hall–Kier alpha value is -4.86. The number of fused-ring (bicyclic) bond motifs is 1. The van der Waals surface area contributed by atoms with E-state index in [1.807, 2.05) is 0 Å². The van der Waals surface area contributed by atoms with E-state index < -0.39 is 13.3 Å². The van der Waals surface area contributed by atoms with E-state index >= 15 is 0 Å². The van der Waals surface area contributed by atoms with Crippen molar-refractivity contribution < 1.29 is 0 Å². The molecule has 1 nitrogen and oxygen atoms in total. The average Bonchev–Trinajstić information content (AvgIpc) is 3.08. The van der Waals surface area contributed by atoms with Gasteiger partial charge in [0.15, 0.2) is 0 Å². The van der Waals surface area contributed by atoms with Gasteiger partial charge in [0.05, 0.1) is 0 Å². The molecule has 7 rings (SSSR count).